The fourth-order valence-electron chi connectivity index (χ4n) is 2.26. The Morgan fingerprint density at radius 2 is 2.20 bits per heavy atom. The van der Waals surface area contributed by atoms with Gasteiger partial charge in [-0.2, -0.15) is 5.10 Å². The van der Waals surface area contributed by atoms with Gasteiger partial charge < -0.3 is 10.6 Å². The largest absolute Gasteiger partial charge is 0.378 e. The summed E-state index contributed by atoms with van der Waals surface area (Å²) in [5, 5.41) is 10.7. The first-order valence-corrected chi connectivity index (χ1v) is 8.22. The lowest BCUT2D eigenvalue weighted by Crippen LogP contribution is -2.32. The van der Waals surface area contributed by atoms with Crippen LogP contribution in [0.3, 0.4) is 0 Å². The predicted molar refractivity (Wildman–Crippen MR) is 85.2 cm³/mol. The number of hydrogen-bond donors (Lipinski definition) is 2. The molecule has 0 amide bonds. The number of nitrogens with one attached hydrogen (secondary N) is 2. The van der Waals surface area contributed by atoms with Crippen LogP contribution in [0.15, 0.2) is 15.5 Å². The Morgan fingerprint density at radius 3 is 2.85 bits per heavy atom. The first-order chi connectivity index (χ1) is 9.72. The maximum atomic E-state index is 12.4. The van der Waals surface area contributed by atoms with Crippen LogP contribution >= 0.6 is 15.9 Å². The van der Waals surface area contributed by atoms with Gasteiger partial charge in [-0.1, -0.05) is 13.3 Å². The molecule has 1 saturated carbocycles. The number of hydrogen-bond acceptors (Lipinski definition) is 4. The second-order valence-corrected chi connectivity index (χ2v) is 6.18. The fraction of sp³-hybridized carbons (Fsp3) is 0.714. The Hall–Kier alpha value is -0.880. The van der Waals surface area contributed by atoms with E-state index in [2.05, 4.69) is 38.6 Å². The summed E-state index contributed by atoms with van der Waals surface area (Å²) in [4.78, 5) is 12.4. The van der Waals surface area contributed by atoms with Crippen LogP contribution in [-0.2, 0) is 6.54 Å². The van der Waals surface area contributed by atoms with Crippen LogP contribution in [0.4, 0.5) is 5.69 Å². The molecule has 0 spiro atoms. The summed E-state index contributed by atoms with van der Waals surface area (Å²) >= 11 is 3.40. The molecular weight excluding hydrogens is 320 g/mol. The quantitative estimate of drug-likeness (QED) is 0.711. The fourth-order valence-corrected chi connectivity index (χ4v) is 2.66. The highest BCUT2D eigenvalue weighted by molar-refractivity contribution is 9.10. The maximum absolute atomic E-state index is 12.4. The molecule has 1 aliphatic rings. The van der Waals surface area contributed by atoms with E-state index in [4.69, 9.17) is 0 Å². The summed E-state index contributed by atoms with van der Waals surface area (Å²) in [6.45, 7) is 5.48. The molecule has 2 N–H and O–H groups in total. The van der Waals surface area contributed by atoms with E-state index in [1.807, 2.05) is 0 Å². The van der Waals surface area contributed by atoms with E-state index in [1.165, 1.54) is 19.3 Å². The van der Waals surface area contributed by atoms with Gasteiger partial charge >= 0.3 is 0 Å². The molecule has 20 heavy (non-hydrogen) atoms. The Morgan fingerprint density at radius 1 is 1.40 bits per heavy atom. The first-order valence-electron chi connectivity index (χ1n) is 7.42. The molecule has 1 fully saturated rings. The predicted octanol–water partition coefficient (Wildman–Crippen LogP) is 2.22. The normalized spacial score (nSPS) is 15.1. The van der Waals surface area contributed by atoms with E-state index in [9.17, 15) is 4.79 Å². The van der Waals surface area contributed by atoms with Crippen molar-refractivity contribution in [1.29, 1.82) is 0 Å². The average molecular weight is 343 g/mol. The van der Waals surface area contributed by atoms with Gasteiger partial charge in [0.05, 0.1) is 10.7 Å². The van der Waals surface area contributed by atoms with Gasteiger partial charge in [0.25, 0.3) is 5.56 Å². The molecule has 1 aromatic heterocycles. The molecule has 0 aromatic carbocycles. The minimum atomic E-state index is -0.0261. The molecule has 6 heteroatoms. The van der Waals surface area contributed by atoms with Crippen molar-refractivity contribution in [2.24, 2.45) is 5.92 Å². The highest BCUT2D eigenvalue weighted by Crippen LogP contribution is 2.27. The first kappa shape index (κ1) is 15.5. The summed E-state index contributed by atoms with van der Waals surface area (Å²) in [6, 6.07) is 0. The summed E-state index contributed by atoms with van der Waals surface area (Å²) in [6.07, 6.45) is 6.54. The lowest BCUT2D eigenvalue weighted by Gasteiger charge is -2.25. The molecule has 112 valence electrons. The van der Waals surface area contributed by atoms with E-state index < -0.39 is 0 Å². The van der Waals surface area contributed by atoms with Crippen molar-refractivity contribution in [1.82, 2.24) is 15.1 Å². The molecule has 0 radical (unpaired) electrons. The van der Waals surface area contributed by atoms with Crippen LogP contribution in [0.25, 0.3) is 0 Å². The van der Waals surface area contributed by atoms with Crippen LogP contribution in [0.5, 0.6) is 0 Å². The van der Waals surface area contributed by atoms with Gasteiger partial charge in [0.1, 0.15) is 5.69 Å². The average Bonchev–Trinajstić information content (AvgIpc) is 2.39. The minimum Gasteiger partial charge on any atom is -0.378 e. The van der Waals surface area contributed by atoms with Crippen LogP contribution in [0.1, 0.15) is 32.6 Å². The van der Waals surface area contributed by atoms with E-state index in [0.29, 0.717) is 11.6 Å². The lowest BCUT2D eigenvalue weighted by molar-refractivity contribution is 0.262. The molecule has 0 bridgehead atoms. The topological polar surface area (TPSA) is 59.0 Å². The zero-order valence-corrected chi connectivity index (χ0v) is 13.6. The third kappa shape index (κ3) is 4.06. The monoisotopic (exact) mass is 342 g/mol. The number of aromatic nitrogens is 2. The number of nitrogens with zero attached hydrogens (tertiary/aromatic N) is 2. The van der Waals surface area contributed by atoms with Gasteiger partial charge in [0.2, 0.25) is 0 Å². The third-order valence-corrected chi connectivity index (χ3v) is 4.29. The van der Waals surface area contributed by atoms with E-state index >= 15 is 0 Å². The van der Waals surface area contributed by atoms with E-state index in [-0.39, 0.29) is 5.56 Å². The highest BCUT2D eigenvalue weighted by atomic mass is 79.9. The Labute approximate surface area is 128 Å². The van der Waals surface area contributed by atoms with Crippen molar-refractivity contribution in [2.45, 2.75) is 39.2 Å². The van der Waals surface area contributed by atoms with Crippen molar-refractivity contribution >= 4 is 21.6 Å². The van der Waals surface area contributed by atoms with Gasteiger partial charge in [0, 0.05) is 19.6 Å². The van der Waals surface area contributed by atoms with Crippen molar-refractivity contribution in [3.05, 3.63) is 21.0 Å². The Balaban J connectivity index is 1.95. The molecule has 5 nitrogen and oxygen atoms in total. The van der Waals surface area contributed by atoms with Crippen LogP contribution in [0, 0.1) is 5.92 Å². The van der Waals surface area contributed by atoms with Gasteiger partial charge in [-0.15, -0.1) is 0 Å². The second kappa shape index (κ2) is 7.78. The highest BCUT2D eigenvalue weighted by Gasteiger charge is 2.20. The molecule has 0 unspecified atom stereocenters. The number of halogens is 1. The molecule has 0 aliphatic heterocycles. The van der Waals surface area contributed by atoms with Crippen molar-refractivity contribution in [3.8, 4) is 0 Å². The zero-order valence-electron chi connectivity index (χ0n) is 12.0. The molecule has 1 aromatic rings. The molecule has 0 saturated heterocycles. The molecular formula is C14H23BrN4O. The smallest absolute Gasteiger partial charge is 0.291 e. The lowest BCUT2D eigenvalue weighted by atomic mass is 9.85. The zero-order chi connectivity index (χ0) is 14.4. The van der Waals surface area contributed by atoms with E-state index in [0.717, 1.165) is 37.1 Å². The Kier molecular flexibility index (Phi) is 6.04. The van der Waals surface area contributed by atoms with Crippen LogP contribution in [0.2, 0.25) is 0 Å². The number of rotatable bonds is 8. The second-order valence-electron chi connectivity index (χ2n) is 5.33. The number of anilines is 1. The van der Waals surface area contributed by atoms with Gasteiger partial charge in [-0.05, 0) is 47.7 Å². The van der Waals surface area contributed by atoms with Gasteiger partial charge in [-0.25, -0.2) is 4.68 Å². The van der Waals surface area contributed by atoms with Crippen molar-refractivity contribution in [3.63, 3.8) is 0 Å². The third-order valence-electron chi connectivity index (χ3n) is 3.68. The minimum absolute atomic E-state index is 0.0261. The summed E-state index contributed by atoms with van der Waals surface area (Å²) < 4.78 is 2.33. The van der Waals surface area contributed by atoms with E-state index in [1.54, 1.807) is 10.9 Å². The molecule has 2 rings (SSSR count). The van der Waals surface area contributed by atoms with Gasteiger partial charge in [-0.3, -0.25) is 4.79 Å². The van der Waals surface area contributed by atoms with Gasteiger partial charge in [0.15, 0.2) is 0 Å². The van der Waals surface area contributed by atoms with Crippen LogP contribution in [-0.4, -0.2) is 29.4 Å². The standard InChI is InChI=1S/C14H23BrN4O/c1-2-6-16-7-8-17-13-12(15)9-18-19(14(13)20)10-11-4-3-5-11/h9,11,16-17H,2-8,10H2,1H3. The van der Waals surface area contributed by atoms with Crippen LogP contribution < -0.4 is 16.2 Å². The van der Waals surface area contributed by atoms with Crippen molar-refractivity contribution < 1.29 is 0 Å². The van der Waals surface area contributed by atoms with Crippen molar-refractivity contribution in [2.75, 3.05) is 25.0 Å². The summed E-state index contributed by atoms with van der Waals surface area (Å²) in [7, 11) is 0. The molecule has 1 heterocycles. The Bertz CT molecular complexity index is 485. The maximum Gasteiger partial charge on any atom is 0.291 e. The summed E-state index contributed by atoms with van der Waals surface area (Å²) in [5.41, 5.74) is 0.597. The molecule has 0 atom stereocenters. The molecule has 1 aliphatic carbocycles. The SMILES string of the molecule is CCCNCCNc1c(Br)cnn(CC2CCC2)c1=O. The summed E-state index contributed by atoms with van der Waals surface area (Å²) in [5.74, 6) is 0.625.